The van der Waals surface area contributed by atoms with Gasteiger partial charge < -0.3 is 14.8 Å². The molecule has 0 radical (unpaired) electrons. The summed E-state index contributed by atoms with van der Waals surface area (Å²) in [4.78, 5) is 0. The summed E-state index contributed by atoms with van der Waals surface area (Å²) >= 11 is 0. The van der Waals surface area contributed by atoms with Gasteiger partial charge >= 0.3 is 0 Å². The molecule has 1 N–H and O–H groups in total. The molecule has 0 heterocycles. The zero-order valence-corrected chi connectivity index (χ0v) is 13.9. The minimum absolute atomic E-state index is 0.0802. The molecule has 21 heavy (non-hydrogen) atoms. The quantitative estimate of drug-likeness (QED) is 0.558. The second-order valence-electron chi connectivity index (χ2n) is 6.16. The third-order valence-electron chi connectivity index (χ3n) is 3.21. The molecule has 1 aromatic carbocycles. The lowest BCUT2D eigenvalue weighted by Crippen LogP contribution is -2.21. The first kappa shape index (κ1) is 17.7. The number of nitrogens with one attached hydrogen (secondary N) is 1. The highest BCUT2D eigenvalue weighted by Gasteiger charge is 2.19. The van der Waals surface area contributed by atoms with Gasteiger partial charge in [0.05, 0.1) is 13.2 Å². The lowest BCUT2D eigenvalue weighted by Gasteiger charge is -2.24. The summed E-state index contributed by atoms with van der Waals surface area (Å²) in [6.45, 7) is 15.9. The summed E-state index contributed by atoms with van der Waals surface area (Å²) in [5.41, 5.74) is 2.50. The normalized spacial score (nSPS) is 11.4. The Balaban J connectivity index is 2.40. The van der Waals surface area contributed by atoms with Crippen molar-refractivity contribution in [1.29, 1.82) is 0 Å². The summed E-state index contributed by atoms with van der Waals surface area (Å²) in [7, 11) is 0. The van der Waals surface area contributed by atoms with Crippen LogP contribution in [0.5, 0.6) is 5.75 Å². The van der Waals surface area contributed by atoms with Crippen molar-refractivity contribution in [3.63, 3.8) is 0 Å². The second kappa shape index (κ2) is 8.85. The number of benzene rings is 1. The van der Waals surface area contributed by atoms with Gasteiger partial charge in [-0.2, -0.15) is 0 Å². The van der Waals surface area contributed by atoms with Crippen LogP contribution in [0.3, 0.4) is 0 Å². The number of hydrogen-bond acceptors (Lipinski definition) is 3. The first-order valence-corrected chi connectivity index (χ1v) is 7.59. The SMILES string of the molecule is C=CCNCCOCCOc1c(C)cccc1C(C)(C)C. The van der Waals surface area contributed by atoms with E-state index in [4.69, 9.17) is 9.47 Å². The maximum absolute atomic E-state index is 5.96. The number of hydrogen-bond donors (Lipinski definition) is 1. The van der Waals surface area contributed by atoms with Crippen LogP contribution < -0.4 is 10.1 Å². The zero-order chi connectivity index (χ0) is 15.7. The predicted octanol–water partition coefficient (Wildman–Crippen LogP) is 3.46. The standard InChI is InChI=1S/C18H29NO2/c1-6-10-19-11-12-20-13-14-21-17-15(2)8-7-9-16(17)18(3,4)5/h6-9,19H,1,10-14H2,2-5H3. The summed E-state index contributed by atoms with van der Waals surface area (Å²) in [6, 6.07) is 6.32. The predicted molar refractivity (Wildman–Crippen MR) is 89.3 cm³/mol. The van der Waals surface area contributed by atoms with E-state index >= 15 is 0 Å². The Kier molecular flexibility index (Phi) is 7.48. The van der Waals surface area contributed by atoms with Crippen LogP contribution in [0, 0.1) is 6.92 Å². The van der Waals surface area contributed by atoms with Crippen molar-refractivity contribution < 1.29 is 9.47 Å². The first-order valence-electron chi connectivity index (χ1n) is 7.59. The molecule has 0 spiro atoms. The van der Waals surface area contributed by atoms with Crippen molar-refractivity contribution >= 4 is 0 Å². The minimum atomic E-state index is 0.0802. The molecule has 0 aliphatic heterocycles. The molecule has 3 heteroatoms. The molecule has 0 amide bonds. The van der Waals surface area contributed by atoms with E-state index in [9.17, 15) is 0 Å². The average molecular weight is 291 g/mol. The Morgan fingerprint density at radius 3 is 2.62 bits per heavy atom. The molecule has 0 fully saturated rings. The van der Waals surface area contributed by atoms with Crippen LogP contribution in [0.15, 0.2) is 30.9 Å². The fourth-order valence-corrected chi connectivity index (χ4v) is 2.09. The molecule has 1 rings (SSSR count). The molecule has 0 saturated carbocycles. The van der Waals surface area contributed by atoms with Gasteiger partial charge in [-0.25, -0.2) is 0 Å². The maximum Gasteiger partial charge on any atom is 0.126 e. The van der Waals surface area contributed by atoms with Crippen LogP contribution in [0.1, 0.15) is 31.9 Å². The molecular formula is C18H29NO2. The van der Waals surface area contributed by atoms with E-state index in [0.717, 1.165) is 18.8 Å². The molecule has 0 aliphatic rings. The fourth-order valence-electron chi connectivity index (χ4n) is 2.09. The van der Waals surface area contributed by atoms with Crippen LogP contribution in [0.4, 0.5) is 0 Å². The van der Waals surface area contributed by atoms with E-state index < -0.39 is 0 Å². The summed E-state index contributed by atoms with van der Waals surface area (Å²) in [6.07, 6.45) is 1.84. The van der Waals surface area contributed by atoms with E-state index in [0.29, 0.717) is 19.8 Å². The Hall–Kier alpha value is -1.32. The molecule has 0 aromatic heterocycles. The molecule has 0 bridgehead atoms. The van der Waals surface area contributed by atoms with Crippen LogP contribution in [-0.2, 0) is 10.2 Å². The van der Waals surface area contributed by atoms with Crippen molar-refractivity contribution in [2.45, 2.75) is 33.1 Å². The Morgan fingerprint density at radius 2 is 1.95 bits per heavy atom. The van der Waals surface area contributed by atoms with Gasteiger partial charge in [-0.15, -0.1) is 6.58 Å². The minimum Gasteiger partial charge on any atom is -0.491 e. The third kappa shape index (κ3) is 6.32. The van der Waals surface area contributed by atoms with Gasteiger partial charge in [0.15, 0.2) is 0 Å². The summed E-state index contributed by atoms with van der Waals surface area (Å²) < 4.78 is 11.5. The van der Waals surface area contributed by atoms with E-state index in [1.807, 2.05) is 6.08 Å². The van der Waals surface area contributed by atoms with Crippen molar-refractivity contribution in [3.8, 4) is 5.75 Å². The van der Waals surface area contributed by atoms with E-state index in [1.54, 1.807) is 0 Å². The van der Waals surface area contributed by atoms with Crippen LogP contribution >= 0.6 is 0 Å². The van der Waals surface area contributed by atoms with Crippen molar-refractivity contribution in [3.05, 3.63) is 42.0 Å². The van der Waals surface area contributed by atoms with Gasteiger partial charge in [0.1, 0.15) is 12.4 Å². The van der Waals surface area contributed by atoms with Gasteiger partial charge in [-0.3, -0.25) is 0 Å². The molecule has 0 atom stereocenters. The zero-order valence-electron chi connectivity index (χ0n) is 13.9. The topological polar surface area (TPSA) is 30.5 Å². The maximum atomic E-state index is 5.96. The van der Waals surface area contributed by atoms with Gasteiger partial charge in [-0.1, -0.05) is 45.0 Å². The van der Waals surface area contributed by atoms with Crippen molar-refractivity contribution in [2.75, 3.05) is 32.9 Å². The fraction of sp³-hybridized carbons (Fsp3) is 0.556. The van der Waals surface area contributed by atoms with Crippen molar-refractivity contribution in [2.24, 2.45) is 0 Å². The lowest BCUT2D eigenvalue weighted by atomic mass is 9.85. The molecule has 3 nitrogen and oxygen atoms in total. The summed E-state index contributed by atoms with van der Waals surface area (Å²) in [5, 5.41) is 3.20. The van der Waals surface area contributed by atoms with Crippen LogP contribution in [-0.4, -0.2) is 32.9 Å². The highest BCUT2D eigenvalue weighted by molar-refractivity contribution is 5.44. The Labute approximate surface area is 129 Å². The number of para-hydroxylation sites is 1. The Morgan fingerprint density at radius 1 is 1.19 bits per heavy atom. The van der Waals surface area contributed by atoms with Crippen LogP contribution in [0.25, 0.3) is 0 Å². The lowest BCUT2D eigenvalue weighted by molar-refractivity contribution is 0.101. The first-order chi connectivity index (χ1) is 9.96. The molecule has 118 valence electrons. The van der Waals surface area contributed by atoms with Gasteiger partial charge in [-0.05, 0) is 23.5 Å². The van der Waals surface area contributed by atoms with Gasteiger partial charge in [0.25, 0.3) is 0 Å². The molecule has 1 aromatic rings. The van der Waals surface area contributed by atoms with E-state index in [-0.39, 0.29) is 5.41 Å². The largest absolute Gasteiger partial charge is 0.491 e. The number of rotatable bonds is 9. The molecular weight excluding hydrogens is 262 g/mol. The molecule has 0 unspecified atom stereocenters. The Bertz CT molecular complexity index is 435. The average Bonchev–Trinajstić information content (AvgIpc) is 2.42. The molecule has 0 saturated heterocycles. The molecule has 0 aliphatic carbocycles. The second-order valence-corrected chi connectivity index (χ2v) is 6.16. The number of ether oxygens (including phenoxy) is 2. The highest BCUT2D eigenvalue weighted by atomic mass is 16.5. The monoisotopic (exact) mass is 291 g/mol. The smallest absolute Gasteiger partial charge is 0.126 e. The van der Waals surface area contributed by atoms with E-state index in [1.165, 1.54) is 11.1 Å². The van der Waals surface area contributed by atoms with Gasteiger partial charge in [0.2, 0.25) is 0 Å². The third-order valence-corrected chi connectivity index (χ3v) is 3.21. The van der Waals surface area contributed by atoms with Crippen LogP contribution in [0.2, 0.25) is 0 Å². The highest BCUT2D eigenvalue weighted by Crippen LogP contribution is 2.33. The number of aryl methyl sites for hydroxylation is 1. The summed E-state index contributed by atoms with van der Waals surface area (Å²) in [5.74, 6) is 0.999. The van der Waals surface area contributed by atoms with Gasteiger partial charge in [0, 0.05) is 13.1 Å². The van der Waals surface area contributed by atoms with E-state index in [2.05, 4.69) is 57.8 Å². The van der Waals surface area contributed by atoms with Crippen molar-refractivity contribution in [1.82, 2.24) is 5.32 Å².